The van der Waals surface area contributed by atoms with Gasteiger partial charge in [0.25, 0.3) is 0 Å². The van der Waals surface area contributed by atoms with Crippen LogP contribution < -0.4 is 0 Å². The van der Waals surface area contributed by atoms with Crippen LogP contribution in [-0.4, -0.2) is 52.9 Å². The van der Waals surface area contributed by atoms with Gasteiger partial charge in [-0.3, -0.25) is 9.59 Å². The highest BCUT2D eigenvalue weighted by Crippen LogP contribution is 2.35. The van der Waals surface area contributed by atoms with Gasteiger partial charge in [0.1, 0.15) is 16.9 Å². The quantitative estimate of drug-likeness (QED) is 0.331. The Morgan fingerprint density at radius 1 is 0.865 bits per heavy atom. The van der Waals surface area contributed by atoms with E-state index in [1.54, 1.807) is 0 Å². The Bertz CT molecular complexity index is 1570. The summed E-state index contributed by atoms with van der Waals surface area (Å²) in [7, 11) is 0. The minimum atomic E-state index is 0.158. The van der Waals surface area contributed by atoms with E-state index in [0.29, 0.717) is 36.0 Å². The summed E-state index contributed by atoms with van der Waals surface area (Å²) in [6.07, 6.45) is 6.90. The maximum atomic E-state index is 11.9. The normalized spacial score (nSPS) is 14.2. The molecule has 5 aromatic rings. The molecule has 0 radical (unpaired) electrons. The fourth-order valence-corrected chi connectivity index (χ4v) is 5.29. The van der Waals surface area contributed by atoms with Gasteiger partial charge in [-0.05, 0) is 40.0 Å². The minimum absolute atomic E-state index is 0.158. The van der Waals surface area contributed by atoms with Crippen molar-refractivity contribution >= 4 is 23.6 Å². The Hall–Kier alpha value is -4.60. The van der Waals surface area contributed by atoms with Gasteiger partial charge in [0.05, 0.1) is 0 Å². The third kappa shape index (κ3) is 4.20. The molecule has 1 aliphatic carbocycles. The first kappa shape index (κ1) is 22.8. The van der Waals surface area contributed by atoms with Gasteiger partial charge in [-0.1, -0.05) is 67.8 Å². The highest BCUT2D eigenvalue weighted by Gasteiger charge is 2.26. The third-order valence-electron chi connectivity index (χ3n) is 7.07. The molecule has 0 unspecified atom stereocenters. The highest BCUT2D eigenvalue weighted by molar-refractivity contribution is 5.99. The second-order valence-electron chi connectivity index (χ2n) is 9.29. The molecule has 1 fully saturated rings. The lowest BCUT2D eigenvalue weighted by Gasteiger charge is -2.22. The van der Waals surface area contributed by atoms with Crippen molar-refractivity contribution in [3.05, 3.63) is 71.3 Å². The number of benzene rings is 2. The van der Waals surface area contributed by atoms with Crippen LogP contribution >= 0.6 is 0 Å². The molecule has 0 bridgehead atoms. The van der Waals surface area contributed by atoms with Crippen molar-refractivity contribution in [1.29, 1.82) is 0 Å². The summed E-state index contributed by atoms with van der Waals surface area (Å²) in [5, 5.41) is 22.2. The van der Waals surface area contributed by atoms with Crippen molar-refractivity contribution in [2.45, 2.75) is 44.6 Å². The van der Waals surface area contributed by atoms with E-state index in [1.165, 1.54) is 6.42 Å². The van der Waals surface area contributed by atoms with Crippen LogP contribution in [0.1, 0.15) is 70.4 Å². The molecule has 3 aromatic heterocycles. The number of aromatic nitrogens is 8. The highest BCUT2D eigenvalue weighted by atomic mass is 16.1. The molecule has 0 amide bonds. The monoisotopic (exact) mass is 492 g/mol. The molecule has 10 heteroatoms. The number of nitrogens with one attached hydrogen (secondary N) is 1. The number of carbonyl (C=O) groups is 2. The number of carbonyl (C=O) groups excluding carboxylic acids is 2. The summed E-state index contributed by atoms with van der Waals surface area (Å²) < 4.78 is 2.06. The topological polar surface area (TPSA) is 132 Å². The van der Waals surface area contributed by atoms with Crippen LogP contribution in [-0.2, 0) is 6.54 Å². The molecule has 184 valence electrons. The van der Waals surface area contributed by atoms with E-state index in [4.69, 9.17) is 4.98 Å². The molecule has 2 aromatic carbocycles. The van der Waals surface area contributed by atoms with Gasteiger partial charge in [0.15, 0.2) is 29.8 Å². The van der Waals surface area contributed by atoms with Crippen molar-refractivity contribution in [2.24, 2.45) is 0 Å². The Labute approximate surface area is 212 Å². The number of rotatable bonds is 7. The predicted molar refractivity (Wildman–Crippen MR) is 136 cm³/mol. The SMILES string of the molecule is O=Cc1nnc(C=O)c2c1nc(C1CCCCC1)n2Cc1ccc(-c2ccccc2-c2nnn[nH]2)cc1. The molecule has 0 atom stereocenters. The zero-order valence-electron chi connectivity index (χ0n) is 20.0. The van der Waals surface area contributed by atoms with Crippen LogP contribution in [0.4, 0.5) is 0 Å². The van der Waals surface area contributed by atoms with Gasteiger partial charge in [-0.15, -0.1) is 15.3 Å². The minimum Gasteiger partial charge on any atom is -0.321 e. The van der Waals surface area contributed by atoms with Crippen molar-refractivity contribution < 1.29 is 9.59 Å². The van der Waals surface area contributed by atoms with Gasteiger partial charge in [-0.2, -0.15) is 0 Å². The smallest absolute Gasteiger partial charge is 0.180 e. The zero-order chi connectivity index (χ0) is 25.2. The molecule has 1 N–H and O–H groups in total. The average molecular weight is 493 g/mol. The number of hydrogen-bond acceptors (Lipinski definition) is 8. The summed E-state index contributed by atoms with van der Waals surface area (Å²) in [6, 6.07) is 16.2. The van der Waals surface area contributed by atoms with Crippen LogP contribution in [0.15, 0.2) is 48.5 Å². The lowest BCUT2D eigenvalue weighted by Crippen LogP contribution is -2.13. The Balaban J connectivity index is 1.41. The number of aldehydes is 2. The van der Waals surface area contributed by atoms with E-state index in [-0.39, 0.29) is 17.3 Å². The molecule has 6 rings (SSSR count). The van der Waals surface area contributed by atoms with Gasteiger partial charge < -0.3 is 4.57 Å². The number of H-pyrrole nitrogens is 1. The maximum Gasteiger partial charge on any atom is 0.180 e. The predicted octanol–water partition coefficient (Wildman–Crippen LogP) is 4.39. The summed E-state index contributed by atoms with van der Waals surface area (Å²) in [4.78, 5) is 28.5. The van der Waals surface area contributed by atoms with Gasteiger partial charge in [-0.25, -0.2) is 10.1 Å². The number of nitrogens with zero attached hydrogens (tertiary/aromatic N) is 7. The molecule has 3 heterocycles. The molecule has 10 nitrogen and oxygen atoms in total. The second-order valence-corrected chi connectivity index (χ2v) is 9.29. The molecule has 0 saturated heterocycles. The second kappa shape index (κ2) is 9.81. The van der Waals surface area contributed by atoms with E-state index < -0.39 is 0 Å². The van der Waals surface area contributed by atoms with Crippen molar-refractivity contribution in [2.75, 3.05) is 0 Å². The molecule has 37 heavy (non-hydrogen) atoms. The van der Waals surface area contributed by atoms with Crippen LogP contribution in [0.3, 0.4) is 0 Å². The van der Waals surface area contributed by atoms with E-state index in [1.807, 2.05) is 24.3 Å². The Morgan fingerprint density at radius 3 is 2.30 bits per heavy atom. The fourth-order valence-electron chi connectivity index (χ4n) is 5.29. The fraction of sp³-hybridized carbons (Fsp3) is 0.259. The number of tetrazole rings is 1. The molecule has 0 aliphatic heterocycles. The lowest BCUT2D eigenvalue weighted by molar-refractivity contribution is 0.110. The van der Waals surface area contributed by atoms with Crippen LogP contribution in [0.2, 0.25) is 0 Å². The summed E-state index contributed by atoms with van der Waals surface area (Å²) in [5.74, 6) is 1.76. The van der Waals surface area contributed by atoms with E-state index in [9.17, 15) is 9.59 Å². The van der Waals surface area contributed by atoms with Crippen LogP contribution in [0.5, 0.6) is 0 Å². The molecular formula is C27H24N8O2. The van der Waals surface area contributed by atoms with E-state index in [2.05, 4.69) is 59.7 Å². The number of hydrogen-bond donors (Lipinski definition) is 1. The molecular weight excluding hydrogens is 468 g/mol. The molecule has 1 saturated carbocycles. The van der Waals surface area contributed by atoms with Crippen LogP contribution in [0, 0.1) is 0 Å². The first-order valence-electron chi connectivity index (χ1n) is 12.4. The molecule has 1 aliphatic rings. The number of imidazole rings is 1. The summed E-state index contributed by atoms with van der Waals surface area (Å²) in [6.45, 7) is 0.501. The van der Waals surface area contributed by atoms with Crippen molar-refractivity contribution in [3.63, 3.8) is 0 Å². The summed E-state index contributed by atoms with van der Waals surface area (Å²) in [5.41, 5.74) is 5.36. The first-order valence-corrected chi connectivity index (χ1v) is 12.4. The zero-order valence-corrected chi connectivity index (χ0v) is 20.0. The standard InChI is InChI=1S/C27H24N8O2/c36-15-22-24-25(23(16-37)30-29-22)35(27(28-24)19-6-2-1-3-7-19)14-17-10-12-18(13-11-17)20-8-4-5-9-21(20)26-31-33-34-32-26/h4-5,8-13,15-16,19H,1-3,6-7,14H2,(H,31,32,33,34). The average Bonchev–Trinajstić information content (AvgIpc) is 3.63. The molecule has 0 spiro atoms. The number of fused-ring (bicyclic) bond motifs is 1. The third-order valence-corrected chi connectivity index (χ3v) is 7.07. The summed E-state index contributed by atoms with van der Waals surface area (Å²) >= 11 is 0. The van der Waals surface area contributed by atoms with Gasteiger partial charge in [0, 0.05) is 18.0 Å². The van der Waals surface area contributed by atoms with E-state index in [0.717, 1.165) is 53.8 Å². The first-order chi connectivity index (χ1) is 18.3. The van der Waals surface area contributed by atoms with E-state index >= 15 is 0 Å². The van der Waals surface area contributed by atoms with Crippen molar-refractivity contribution in [1.82, 2.24) is 40.4 Å². The van der Waals surface area contributed by atoms with Gasteiger partial charge >= 0.3 is 0 Å². The Kier molecular flexibility index (Phi) is 6.05. The maximum absolute atomic E-state index is 11.9. The number of aromatic amines is 1. The lowest BCUT2D eigenvalue weighted by atomic mass is 9.88. The Morgan fingerprint density at radius 2 is 1.59 bits per heavy atom. The van der Waals surface area contributed by atoms with Gasteiger partial charge in [0.2, 0.25) is 0 Å². The largest absolute Gasteiger partial charge is 0.321 e. The van der Waals surface area contributed by atoms with Crippen LogP contribution in [0.25, 0.3) is 33.5 Å². The van der Waals surface area contributed by atoms with Crippen molar-refractivity contribution in [3.8, 4) is 22.5 Å².